The Morgan fingerprint density at radius 2 is 1.89 bits per heavy atom. The molecule has 144 valence electrons. The zero-order chi connectivity index (χ0) is 17.5. The molecule has 5 rings (SSSR count). The summed E-state index contributed by atoms with van der Waals surface area (Å²) < 4.78 is 7.33. The maximum atomic E-state index is 12.3. The largest absolute Gasteiger partial charge is 0.339 e. The number of aromatic amines is 1. The fourth-order valence-electron chi connectivity index (χ4n) is 4.27. The van der Waals surface area contributed by atoms with Crippen molar-refractivity contribution >= 4 is 18.1 Å². The first-order chi connectivity index (χ1) is 12.8. The number of piperidine rings is 1. The Hall–Kier alpha value is -2.19. The monoisotopic (exact) mass is 390 g/mol. The molecule has 0 radical (unpaired) electrons. The van der Waals surface area contributed by atoms with Gasteiger partial charge in [0.15, 0.2) is 0 Å². The third-order valence-electron chi connectivity index (χ3n) is 5.68. The lowest BCUT2D eigenvalue weighted by molar-refractivity contribution is 0.354. The molecule has 27 heavy (non-hydrogen) atoms. The summed E-state index contributed by atoms with van der Waals surface area (Å²) in [5, 5.41) is 12.0. The number of hydrogen-bond acceptors (Lipinski definition) is 6. The molecule has 0 bridgehead atoms. The van der Waals surface area contributed by atoms with Crippen LogP contribution in [0.3, 0.4) is 0 Å². The number of rotatable bonds is 3. The van der Waals surface area contributed by atoms with E-state index < -0.39 is 0 Å². The molecule has 0 aromatic carbocycles. The van der Waals surface area contributed by atoms with Gasteiger partial charge in [0.05, 0.1) is 17.5 Å². The maximum Gasteiger partial charge on any atom is 0.251 e. The number of hydrogen-bond donors (Lipinski definition) is 2. The van der Waals surface area contributed by atoms with Gasteiger partial charge in [-0.1, -0.05) is 18.0 Å². The van der Waals surface area contributed by atoms with Crippen LogP contribution in [0.4, 0.5) is 0 Å². The molecule has 9 heteroatoms. The lowest BCUT2D eigenvalue weighted by atomic mass is 9.94. The molecule has 4 heterocycles. The third kappa shape index (κ3) is 3.27. The number of aromatic nitrogens is 5. The van der Waals surface area contributed by atoms with Gasteiger partial charge in [-0.25, -0.2) is 4.52 Å². The Morgan fingerprint density at radius 1 is 1.11 bits per heavy atom. The van der Waals surface area contributed by atoms with E-state index in [1.807, 2.05) is 4.52 Å². The van der Waals surface area contributed by atoms with Crippen LogP contribution in [0.1, 0.15) is 61.9 Å². The second-order valence-corrected chi connectivity index (χ2v) is 7.34. The standard InChI is InChI=1S/C18H22N6O2.ClH/c25-15-9-14(11-5-7-19-8-6-11)24-17(21-15)13(10-20-24)16-22-18(26-23-16)12-3-1-2-4-12;/h9-12,19H,1-8H2,(H,21,25);1H. The summed E-state index contributed by atoms with van der Waals surface area (Å²) in [6.07, 6.45) is 8.36. The number of H-pyrrole nitrogens is 1. The topological polar surface area (TPSA) is 101 Å². The summed E-state index contributed by atoms with van der Waals surface area (Å²) in [4.78, 5) is 19.8. The first-order valence-corrected chi connectivity index (χ1v) is 9.45. The molecular weight excluding hydrogens is 368 g/mol. The van der Waals surface area contributed by atoms with E-state index in [9.17, 15) is 4.79 Å². The maximum absolute atomic E-state index is 12.3. The SMILES string of the molecule is Cl.O=c1cc(C2CCNCC2)n2ncc(-c3noc(C4CCCC4)n3)c2[nH]1. The molecule has 2 fully saturated rings. The van der Waals surface area contributed by atoms with Crippen LogP contribution in [0.2, 0.25) is 0 Å². The van der Waals surface area contributed by atoms with E-state index in [1.54, 1.807) is 12.3 Å². The Morgan fingerprint density at radius 3 is 2.67 bits per heavy atom. The molecule has 2 aliphatic rings. The van der Waals surface area contributed by atoms with E-state index in [4.69, 9.17) is 4.52 Å². The number of halogens is 1. The summed E-state index contributed by atoms with van der Waals surface area (Å²) in [5.41, 5.74) is 2.19. The number of nitrogens with zero attached hydrogens (tertiary/aromatic N) is 4. The van der Waals surface area contributed by atoms with Gasteiger partial charge in [-0.3, -0.25) is 4.79 Å². The predicted molar refractivity (Wildman–Crippen MR) is 102 cm³/mol. The molecule has 1 aliphatic heterocycles. The van der Waals surface area contributed by atoms with Crippen molar-refractivity contribution in [2.24, 2.45) is 0 Å². The summed E-state index contributed by atoms with van der Waals surface area (Å²) in [7, 11) is 0. The molecule has 3 aromatic heterocycles. The highest BCUT2D eigenvalue weighted by atomic mass is 35.5. The molecule has 0 atom stereocenters. The highest BCUT2D eigenvalue weighted by Crippen LogP contribution is 2.34. The van der Waals surface area contributed by atoms with E-state index >= 15 is 0 Å². The minimum Gasteiger partial charge on any atom is -0.339 e. The highest BCUT2D eigenvalue weighted by molar-refractivity contribution is 5.85. The van der Waals surface area contributed by atoms with Crippen LogP contribution in [0.25, 0.3) is 17.0 Å². The molecule has 1 saturated carbocycles. The molecule has 0 unspecified atom stereocenters. The van der Waals surface area contributed by atoms with Gasteiger partial charge >= 0.3 is 0 Å². The molecule has 2 N–H and O–H groups in total. The lowest BCUT2D eigenvalue weighted by Crippen LogP contribution is -2.28. The molecule has 3 aromatic rings. The van der Waals surface area contributed by atoms with Gasteiger partial charge in [-0.15, -0.1) is 12.4 Å². The van der Waals surface area contributed by atoms with Crippen molar-refractivity contribution in [3.8, 4) is 11.4 Å². The molecule has 1 saturated heterocycles. The zero-order valence-corrected chi connectivity index (χ0v) is 15.8. The van der Waals surface area contributed by atoms with Crippen molar-refractivity contribution in [1.29, 1.82) is 0 Å². The van der Waals surface area contributed by atoms with Gasteiger partial charge in [-0.2, -0.15) is 10.1 Å². The number of nitrogens with one attached hydrogen (secondary N) is 2. The summed E-state index contributed by atoms with van der Waals surface area (Å²) in [6.45, 7) is 1.92. The van der Waals surface area contributed by atoms with Crippen LogP contribution < -0.4 is 10.9 Å². The Labute approximate surface area is 162 Å². The minimum atomic E-state index is -0.118. The van der Waals surface area contributed by atoms with Crippen LogP contribution in [-0.4, -0.2) is 37.8 Å². The average Bonchev–Trinajstić information content (AvgIpc) is 3.41. The van der Waals surface area contributed by atoms with Gasteiger partial charge in [-0.05, 0) is 38.8 Å². The van der Waals surface area contributed by atoms with E-state index in [-0.39, 0.29) is 18.0 Å². The second-order valence-electron chi connectivity index (χ2n) is 7.34. The molecule has 8 nitrogen and oxygen atoms in total. The van der Waals surface area contributed by atoms with Crippen LogP contribution in [0.15, 0.2) is 21.6 Å². The first kappa shape index (κ1) is 18.2. The van der Waals surface area contributed by atoms with Crippen molar-refractivity contribution in [3.63, 3.8) is 0 Å². The third-order valence-corrected chi connectivity index (χ3v) is 5.68. The average molecular weight is 391 g/mol. The Bertz CT molecular complexity index is 981. The number of fused-ring (bicyclic) bond motifs is 1. The van der Waals surface area contributed by atoms with Crippen molar-refractivity contribution in [2.75, 3.05) is 13.1 Å². The molecule has 0 amide bonds. The van der Waals surface area contributed by atoms with Gasteiger partial charge in [0.25, 0.3) is 5.56 Å². The van der Waals surface area contributed by atoms with Crippen LogP contribution >= 0.6 is 12.4 Å². The molecule has 0 spiro atoms. The lowest BCUT2D eigenvalue weighted by Gasteiger charge is -2.23. The van der Waals surface area contributed by atoms with Crippen molar-refractivity contribution in [1.82, 2.24) is 30.1 Å². The Kier molecular flexibility index (Phi) is 5.01. The smallest absolute Gasteiger partial charge is 0.251 e. The minimum absolute atomic E-state index is 0. The molecule has 1 aliphatic carbocycles. The zero-order valence-electron chi connectivity index (χ0n) is 15.0. The van der Waals surface area contributed by atoms with Crippen LogP contribution in [0.5, 0.6) is 0 Å². The normalized spacial score (nSPS) is 18.8. The summed E-state index contributed by atoms with van der Waals surface area (Å²) in [6, 6.07) is 1.67. The van der Waals surface area contributed by atoms with Gasteiger partial charge in [0.2, 0.25) is 11.7 Å². The second kappa shape index (κ2) is 7.44. The van der Waals surface area contributed by atoms with Crippen LogP contribution in [0, 0.1) is 0 Å². The van der Waals surface area contributed by atoms with Gasteiger partial charge in [0, 0.05) is 17.9 Å². The first-order valence-electron chi connectivity index (χ1n) is 9.45. The van der Waals surface area contributed by atoms with Crippen molar-refractivity contribution in [3.05, 3.63) is 34.2 Å². The predicted octanol–water partition coefficient (Wildman–Crippen LogP) is 2.62. The molecular formula is C18H23ClN6O2. The Balaban J connectivity index is 0.00000180. The quantitative estimate of drug-likeness (QED) is 0.712. The van der Waals surface area contributed by atoms with Crippen LogP contribution in [-0.2, 0) is 0 Å². The van der Waals surface area contributed by atoms with E-state index in [1.165, 1.54) is 12.8 Å². The fraction of sp³-hybridized carbons (Fsp3) is 0.556. The van der Waals surface area contributed by atoms with E-state index in [0.29, 0.717) is 34.8 Å². The summed E-state index contributed by atoms with van der Waals surface area (Å²) >= 11 is 0. The summed E-state index contributed by atoms with van der Waals surface area (Å²) in [5.74, 6) is 1.89. The fourth-order valence-corrected chi connectivity index (χ4v) is 4.27. The van der Waals surface area contributed by atoms with E-state index in [2.05, 4.69) is 25.5 Å². The van der Waals surface area contributed by atoms with Crippen molar-refractivity contribution in [2.45, 2.75) is 50.4 Å². The van der Waals surface area contributed by atoms with E-state index in [0.717, 1.165) is 44.5 Å². The van der Waals surface area contributed by atoms with Gasteiger partial charge in [0.1, 0.15) is 5.65 Å². The van der Waals surface area contributed by atoms with Crippen molar-refractivity contribution < 1.29 is 4.52 Å². The highest BCUT2D eigenvalue weighted by Gasteiger charge is 2.25. The van der Waals surface area contributed by atoms with Gasteiger partial charge < -0.3 is 14.8 Å².